The number of rotatable bonds is 6. The standard InChI is InChI=1S/C16H22O5/c1-12(17)19-11-15-14(8-9-16(18-2)21-15)20-10-13-6-4-3-5-7-13/h3-7,14-16H,8-11H2,1-2H3/t14-,15-,16+/m0/s1. The average molecular weight is 294 g/mol. The van der Waals surface area contributed by atoms with Crippen LogP contribution in [0.15, 0.2) is 30.3 Å². The number of benzene rings is 1. The van der Waals surface area contributed by atoms with Gasteiger partial charge in [0.25, 0.3) is 0 Å². The first-order chi connectivity index (χ1) is 10.2. The van der Waals surface area contributed by atoms with Crippen LogP contribution in [0, 0.1) is 0 Å². The van der Waals surface area contributed by atoms with Crippen LogP contribution in [0.5, 0.6) is 0 Å². The number of hydrogen-bond acceptors (Lipinski definition) is 5. The smallest absolute Gasteiger partial charge is 0.302 e. The van der Waals surface area contributed by atoms with Gasteiger partial charge in [0.2, 0.25) is 0 Å². The van der Waals surface area contributed by atoms with Crippen LogP contribution >= 0.6 is 0 Å². The lowest BCUT2D eigenvalue weighted by atomic mass is 10.0. The van der Waals surface area contributed by atoms with Crippen LogP contribution in [0.3, 0.4) is 0 Å². The van der Waals surface area contributed by atoms with Crippen molar-refractivity contribution in [1.82, 2.24) is 0 Å². The van der Waals surface area contributed by atoms with E-state index in [9.17, 15) is 4.79 Å². The minimum absolute atomic E-state index is 0.101. The van der Waals surface area contributed by atoms with Crippen LogP contribution in [-0.4, -0.2) is 38.2 Å². The minimum atomic E-state index is -0.319. The SMILES string of the molecule is CO[C@H]1CC[C@H](OCc2ccccc2)[C@H](COC(C)=O)O1. The molecule has 3 atom stereocenters. The summed E-state index contributed by atoms with van der Waals surface area (Å²) < 4.78 is 22.0. The lowest BCUT2D eigenvalue weighted by Gasteiger charge is -2.35. The average Bonchev–Trinajstić information content (AvgIpc) is 2.52. The molecule has 5 nitrogen and oxygen atoms in total. The van der Waals surface area contributed by atoms with Gasteiger partial charge in [0.05, 0.1) is 12.7 Å². The minimum Gasteiger partial charge on any atom is -0.463 e. The maximum Gasteiger partial charge on any atom is 0.302 e. The van der Waals surface area contributed by atoms with E-state index in [0.29, 0.717) is 6.61 Å². The fourth-order valence-electron chi connectivity index (χ4n) is 2.32. The molecule has 0 amide bonds. The topological polar surface area (TPSA) is 54.0 Å². The molecule has 1 saturated heterocycles. The molecule has 1 aliphatic heterocycles. The van der Waals surface area contributed by atoms with Crippen LogP contribution in [0.4, 0.5) is 0 Å². The summed E-state index contributed by atoms with van der Waals surface area (Å²) >= 11 is 0. The van der Waals surface area contributed by atoms with Gasteiger partial charge >= 0.3 is 5.97 Å². The van der Waals surface area contributed by atoms with Gasteiger partial charge in [0, 0.05) is 20.5 Å². The Kier molecular flexibility index (Phi) is 6.17. The molecule has 1 heterocycles. The zero-order valence-electron chi connectivity index (χ0n) is 12.5. The monoisotopic (exact) mass is 294 g/mol. The van der Waals surface area contributed by atoms with E-state index in [0.717, 1.165) is 18.4 Å². The molecule has 21 heavy (non-hydrogen) atoms. The second-order valence-corrected chi connectivity index (χ2v) is 5.05. The van der Waals surface area contributed by atoms with Gasteiger partial charge in [-0.15, -0.1) is 0 Å². The van der Waals surface area contributed by atoms with E-state index in [-0.39, 0.29) is 31.1 Å². The third-order valence-corrected chi connectivity index (χ3v) is 3.45. The number of methoxy groups -OCH3 is 1. The largest absolute Gasteiger partial charge is 0.463 e. The predicted molar refractivity (Wildman–Crippen MR) is 76.6 cm³/mol. The Morgan fingerprint density at radius 3 is 2.71 bits per heavy atom. The van der Waals surface area contributed by atoms with Crippen LogP contribution < -0.4 is 0 Å². The number of carbonyl (C=O) groups is 1. The highest BCUT2D eigenvalue weighted by molar-refractivity contribution is 5.65. The van der Waals surface area contributed by atoms with Crippen LogP contribution in [-0.2, 0) is 30.3 Å². The van der Waals surface area contributed by atoms with Crippen molar-refractivity contribution >= 4 is 5.97 Å². The lowest BCUT2D eigenvalue weighted by Crippen LogP contribution is -2.44. The third kappa shape index (κ3) is 5.12. The van der Waals surface area contributed by atoms with E-state index in [4.69, 9.17) is 18.9 Å². The van der Waals surface area contributed by atoms with Crippen molar-refractivity contribution in [2.45, 2.75) is 44.9 Å². The fourth-order valence-corrected chi connectivity index (χ4v) is 2.32. The molecule has 2 rings (SSSR count). The van der Waals surface area contributed by atoms with Crippen LogP contribution in [0.25, 0.3) is 0 Å². The summed E-state index contributed by atoms with van der Waals surface area (Å²) in [5.74, 6) is -0.319. The Bertz CT molecular complexity index is 434. The summed E-state index contributed by atoms with van der Waals surface area (Å²) in [6, 6.07) is 9.96. The Hall–Kier alpha value is -1.43. The zero-order valence-corrected chi connectivity index (χ0v) is 12.5. The van der Waals surface area contributed by atoms with E-state index in [1.807, 2.05) is 30.3 Å². The van der Waals surface area contributed by atoms with Gasteiger partial charge in [-0.05, 0) is 12.0 Å². The normalized spacial score (nSPS) is 25.5. The quantitative estimate of drug-likeness (QED) is 0.753. The van der Waals surface area contributed by atoms with Crippen molar-refractivity contribution in [3.63, 3.8) is 0 Å². The summed E-state index contributed by atoms with van der Waals surface area (Å²) in [6.07, 6.45) is 0.929. The summed E-state index contributed by atoms with van der Waals surface area (Å²) in [6.45, 7) is 2.09. The van der Waals surface area contributed by atoms with Gasteiger partial charge in [-0.3, -0.25) is 4.79 Å². The molecule has 116 valence electrons. The van der Waals surface area contributed by atoms with Crippen molar-refractivity contribution in [3.8, 4) is 0 Å². The lowest BCUT2D eigenvalue weighted by molar-refractivity contribution is -0.233. The highest BCUT2D eigenvalue weighted by atomic mass is 16.7. The number of ether oxygens (including phenoxy) is 4. The molecular formula is C16H22O5. The first-order valence-corrected chi connectivity index (χ1v) is 7.16. The van der Waals surface area contributed by atoms with Crippen molar-refractivity contribution in [2.75, 3.05) is 13.7 Å². The fraction of sp³-hybridized carbons (Fsp3) is 0.562. The molecule has 0 aliphatic carbocycles. The van der Waals surface area contributed by atoms with Gasteiger partial charge in [-0.2, -0.15) is 0 Å². The molecule has 0 unspecified atom stereocenters. The first kappa shape index (κ1) is 15.9. The molecule has 0 bridgehead atoms. The maximum atomic E-state index is 11.0. The highest BCUT2D eigenvalue weighted by Crippen LogP contribution is 2.24. The third-order valence-electron chi connectivity index (χ3n) is 3.45. The Morgan fingerprint density at radius 1 is 1.29 bits per heavy atom. The number of hydrogen-bond donors (Lipinski definition) is 0. The van der Waals surface area contributed by atoms with Gasteiger partial charge in [0.1, 0.15) is 12.7 Å². The van der Waals surface area contributed by atoms with Crippen molar-refractivity contribution < 1.29 is 23.7 Å². The molecular weight excluding hydrogens is 272 g/mol. The number of carbonyl (C=O) groups excluding carboxylic acids is 1. The Labute approximate surface area is 125 Å². The van der Waals surface area contributed by atoms with Crippen molar-refractivity contribution in [2.24, 2.45) is 0 Å². The molecule has 0 saturated carbocycles. The Balaban J connectivity index is 1.89. The number of esters is 1. The van der Waals surface area contributed by atoms with E-state index >= 15 is 0 Å². The van der Waals surface area contributed by atoms with E-state index in [1.54, 1.807) is 7.11 Å². The zero-order chi connectivity index (χ0) is 15.1. The maximum absolute atomic E-state index is 11.0. The first-order valence-electron chi connectivity index (χ1n) is 7.16. The second-order valence-electron chi connectivity index (χ2n) is 5.05. The predicted octanol–water partition coefficient (Wildman–Crippen LogP) is 2.29. The van der Waals surface area contributed by atoms with Crippen LogP contribution in [0.1, 0.15) is 25.3 Å². The Morgan fingerprint density at radius 2 is 2.05 bits per heavy atom. The molecule has 0 radical (unpaired) electrons. The van der Waals surface area contributed by atoms with E-state index in [2.05, 4.69) is 0 Å². The van der Waals surface area contributed by atoms with Gasteiger partial charge < -0.3 is 18.9 Å². The highest BCUT2D eigenvalue weighted by Gasteiger charge is 2.32. The van der Waals surface area contributed by atoms with E-state index < -0.39 is 0 Å². The second kappa shape index (κ2) is 8.12. The molecule has 0 aromatic heterocycles. The molecule has 1 fully saturated rings. The molecule has 0 spiro atoms. The van der Waals surface area contributed by atoms with Crippen molar-refractivity contribution in [3.05, 3.63) is 35.9 Å². The summed E-state index contributed by atoms with van der Waals surface area (Å²) in [5.41, 5.74) is 1.11. The summed E-state index contributed by atoms with van der Waals surface area (Å²) in [4.78, 5) is 11.0. The molecule has 0 N–H and O–H groups in total. The molecule has 1 aromatic carbocycles. The van der Waals surface area contributed by atoms with Crippen LogP contribution in [0.2, 0.25) is 0 Å². The molecule has 1 aliphatic rings. The van der Waals surface area contributed by atoms with Gasteiger partial charge in [-0.1, -0.05) is 30.3 Å². The molecule has 5 heteroatoms. The molecule has 1 aromatic rings. The van der Waals surface area contributed by atoms with Gasteiger partial charge in [0.15, 0.2) is 6.29 Å². The summed E-state index contributed by atoms with van der Waals surface area (Å²) in [7, 11) is 1.61. The van der Waals surface area contributed by atoms with Crippen molar-refractivity contribution in [1.29, 1.82) is 0 Å². The van der Waals surface area contributed by atoms with E-state index in [1.165, 1.54) is 6.92 Å². The van der Waals surface area contributed by atoms with Gasteiger partial charge in [-0.25, -0.2) is 0 Å². The summed E-state index contributed by atoms with van der Waals surface area (Å²) in [5, 5.41) is 0.